The third-order valence-corrected chi connectivity index (χ3v) is 1.59. The highest BCUT2D eigenvalue weighted by Gasteiger charge is 2.38. The van der Waals surface area contributed by atoms with Crippen LogP contribution < -0.4 is 0 Å². The van der Waals surface area contributed by atoms with Gasteiger partial charge < -0.3 is 5.11 Å². The summed E-state index contributed by atoms with van der Waals surface area (Å²) in [6.45, 7) is 1.74. The van der Waals surface area contributed by atoms with Gasteiger partial charge >= 0.3 is 0 Å². The van der Waals surface area contributed by atoms with Gasteiger partial charge in [-0.05, 0) is 19.8 Å². The number of hydrogen-bond donors (Lipinski definition) is 1. The van der Waals surface area contributed by atoms with Gasteiger partial charge in [-0.25, -0.2) is 9.79 Å². The van der Waals surface area contributed by atoms with E-state index in [1.165, 1.54) is 6.08 Å². The Morgan fingerprint density at radius 2 is 2.33 bits per heavy atom. The minimum Gasteiger partial charge on any atom is -0.390 e. The number of aliphatic imine (C=N–C) groups is 1. The molecule has 0 aliphatic heterocycles. The third-order valence-electron chi connectivity index (χ3n) is 1.59. The molecule has 1 aliphatic rings. The van der Waals surface area contributed by atoms with E-state index in [1.807, 2.05) is 0 Å². The molecule has 0 aromatic carbocycles. The molecule has 0 unspecified atom stereocenters. The second-order valence-electron chi connectivity index (χ2n) is 2.78. The maximum Gasteiger partial charge on any atom is 0.235 e. The zero-order chi connectivity index (χ0) is 6.91. The van der Waals surface area contributed by atoms with E-state index in [0.29, 0.717) is 12.8 Å². The summed E-state index contributed by atoms with van der Waals surface area (Å²) in [6.07, 6.45) is 2.67. The monoisotopic (exact) mass is 127 g/mol. The highest BCUT2D eigenvalue weighted by Crippen LogP contribution is 2.33. The molecule has 0 aromatic heterocycles. The van der Waals surface area contributed by atoms with Gasteiger partial charge in [-0.15, -0.1) is 0 Å². The summed E-state index contributed by atoms with van der Waals surface area (Å²) < 4.78 is 0. The van der Waals surface area contributed by atoms with Gasteiger partial charge in [-0.1, -0.05) is 0 Å². The quantitative estimate of drug-likeness (QED) is 0.405. The molecule has 0 radical (unpaired) electrons. The molecular formula is C6H9NO2. The third kappa shape index (κ3) is 1.37. The fourth-order valence-electron chi connectivity index (χ4n) is 1.12. The lowest BCUT2D eigenvalue weighted by atomic mass is 9.78. The standard InChI is InChI=1S/C6H9NO2/c1-6(9)2-5(3-6)7-4-8/h5,9H,2-3H2,1H3. The zero-order valence-electron chi connectivity index (χ0n) is 5.29. The van der Waals surface area contributed by atoms with Gasteiger partial charge in [0.1, 0.15) is 0 Å². The summed E-state index contributed by atoms with van der Waals surface area (Å²) >= 11 is 0. The molecule has 50 valence electrons. The van der Waals surface area contributed by atoms with Crippen LogP contribution in [0.3, 0.4) is 0 Å². The highest BCUT2D eigenvalue weighted by molar-refractivity contribution is 5.34. The van der Waals surface area contributed by atoms with E-state index in [1.54, 1.807) is 6.92 Å². The first-order valence-corrected chi connectivity index (χ1v) is 2.93. The van der Waals surface area contributed by atoms with Crippen molar-refractivity contribution in [3.63, 3.8) is 0 Å². The van der Waals surface area contributed by atoms with Crippen LogP contribution in [-0.4, -0.2) is 22.8 Å². The smallest absolute Gasteiger partial charge is 0.235 e. The number of hydrogen-bond acceptors (Lipinski definition) is 3. The Morgan fingerprint density at radius 1 is 1.78 bits per heavy atom. The molecule has 0 aromatic rings. The summed E-state index contributed by atoms with van der Waals surface area (Å²) in [5.74, 6) is 0. The SMILES string of the molecule is CC1(O)CC(N=C=O)C1. The van der Waals surface area contributed by atoms with Crippen LogP contribution in [0, 0.1) is 0 Å². The Labute approximate surface area is 53.4 Å². The van der Waals surface area contributed by atoms with Gasteiger partial charge in [-0.3, -0.25) is 0 Å². The number of isocyanates is 1. The molecule has 1 saturated carbocycles. The fraction of sp³-hybridized carbons (Fsp3) is 0.833. The molecule has 9 heavy (non-hydrogen) atoms. The van der Waals surface area contributed by atoms with Crippen LogP contribution in [0.5, 0.6) is 0 Å². The Morgan fingerprint density at radius 3 is 2.67 bits per heavy atom. The van der Waals surface area contributed by atoms with Gasteiger partial charge in [-0.2, -0.15) is 0 Å². The van der Waals surface area contributed by atoms with Crippen LogP contribution >= 0.6 is 0 Å². The number of nitrogens with zero attached hydrogens (tertiary/aromatic N) is 1. The van der Waals surface area contributed by atoms with E-state index in [-0.39, 0.29) is 6.04 Å². The molecule has 0 bridgehead atoms. The van der Waals surface area contributed by atoms with Crippen LogP contribution in [0.15, 0.2) is 4.99 Å². The fourth-order valence-corrected chi connectivity index (χ4v) is 1.12. The van der Waals surface area contributed by atoms with Gasteiger partial charge in [0.2, 0.25) is 6.08 Å². The largest absolute Gasteiger partial charge is 0.390 e. The lowest BCUT2D eigenvalue weighted by Crippen LogP contribution is -2.43. The molecule has 0 heterocycles. The van der Waals surface area contributed by atoms with E-state index < -0.39 is 5.60 Å². The van der Waals surface area contributed by atoms with Crippen LogP contribution in [-0.2, 0) is 4.79 Å². The lowest BCUT2D eigenvalue weighted by molar-refractivity contribution is -0.0279. The molecule has 1 rings (SSSR count). The average Bonchev–Trinajstić information content (AvgIpc) is 1.62. The number of rotatable bonds is 1. The first kappa shape index (κ1) is 6.46. The van der Waals surface area contributed by atoms with E-state index in [9.17, 15) is 4.79 Å². The Kier molecular flexibility index (Phi) is 1.39. The van der Waals surface area contributed by atoms with Crippen LogP contribution in [0.2, 0.25) is 0 Å². The summed E-state index contributed by atoms with van der Waals surface area (Å²) in [7, 11) is 0. The Hall–Kier alpha value is -0.660. The van der Waals surface area contributed by atoms with Crippen LogP contribution in [0.4, 0.5) is 0 Å². The van der Waals surface area contributed by atoms with Crippen LogP contribution in [0.25, 0.3) is 0 Å². The summed E-state index contributed by atoms with van der Waals surface area (Å²) in [6, 6.07) is 0.0255. The van der Waals surface area contributed by atoms with Gasteiger partial charge in [0.05, 0.1) is 11.6 Å². The van der Waals surface area contributed by atoms with E-state index >= 15 is 0 Å². The first-order valence-electron chi connectivity index (χ1n) is 2.93. The maximum absolute atomic E-state index is 9.65. The van der Waals surface area contributed by atoms with Crippen molar-refractivity contribution in [2.45, 2.75) is 31.4 Å². The predicted molar refractivity (Wildman–Crippen MR) is 31.8 cm³/mol. The summed E-state index contributed by atoms with van der Waals surface area (Å²) in [4.78, 5) is 13.1. The predicted octanol–water partition coefficient (Wildman–Crippen LogP) is 0.236. The minimum absolute atomic E-state index is 0.0255. The van der Waals surface area contributed by atoms with Crippen molar-refractivity contribution < 1.29 is 9.90 Å². The number of aliphatic hydroxyl groups is 1. The molecule has 1 fully saturated rings. The van der Waals surface area contributed by atoms with Crippen molar-refractivity contribution in [1.29, 1.82) is 0 Å². The van der Waals surface area contributed by atoms with Gasteiger partial charge in [0.25, 0.3) is 0 Å². The molecule has 0 spiro atoms. The van der Waals surface area contributed by atoms with E-state index in [4.69, 9.17) is 5.11 Å². The first-order chi connectivity index (χ1) is 4.14. The molecular weight excluding hydrogens is 118 g/mol. The number of carbonyl (C=O) groups excluding carboxylic acids is 1. The second-order valence-corrected chi connectivity index (χ2v) is 2.78. The minimum atomic E-state index is -0.578. The Bertz CT molecular complexity index is 150. The van der Waals surface area contributed by atoms with Crippen molar-refractivity contribution in [3.05, 3.63) is 0 Å². The normalized spacial score (nSPS) is 40.9. The molecule has 0 amide bonds. The van der Waals surface area contributed by atoms with Gasteiger partial charge in [0.15, 0.2) is 0 Å². The topological polar surface area (TPSA) is 49.7 Å². The zero-order valence-corrected chi connectivity index (χ0v) is 5.29. The second kappa shape index (κ2) is 1.94. The highest BCUT2D eigenvalue weighted by atomic mass is 16.3. The van der Waals surface area contributed by atoms with Crippen molar-refractivity contribution in [2.24, 2.45) is 4.99 Å². The summed E-state index contributed by atoms with van der Waals surface area (Å²) in [5, 5.41) is 9.12. The Balaban J connectivity index is 2.35. The molecule has 0 saturated heterocycles. The van der Waals surface area contributed by atoms with Crippen LogP contribution in [0.1, 0.15) is 19.8 Å². The van der Waals surface area contributed by atoms with Crippen molar-refractivity contribution in [1.82, 2.24) is 0 Å². The van der Waals surface area contributed by atoms with Gasteiger partial charge in [0, 0.05) is 0 Å². The molecule has 3 nitrogen and oxygen atoms in total. The van der Waals surface area contributed by atoms with Crippen molar-refractivity contribution >= 4 is 6.08 Å². The van der Waals surface area contributed by atoms with Crippen molar-refractivity contribution in [3.8, 4) is 0 Å². The molecule has 1 N–H and O–H groups in total. The average molecular weight is 127 g/mol. The molecule has 3 heteroatoms. The maximum atomic E-state index is 9.65. The lowest BCUT2D eigenvalue weighted by Gasteiger charge is -2.37. The van der Waals surface area contributed by atoms with E-state index in [2.05, 4.69) is 4.99 Å². The van der Waals surface area contributed by atoms with E-state index in [0.717, 1.165) is 0 Å². The molecule has 0 atom stereocenters. The molecule has 1 aliphatic carbocycles. The van der Waals surface area contributed by atoms with Crippen molar-refractivity contribution in [2.75, 3.05) is 0 Å². The summed E-state index contributed by atoms with van der Waals surface area (Å²) in [5.41, 5.74) is -0.578.